The second kappa shape index (κ2) is 9.31. The van der Waals surface area contributed by atoms with Crippen LogP contribution in [-0.4, -0.2) is 52.7 Å². The van der Waals surface area contributed by atoms with E-state index in [1.54, 1.807) is 12.1 Å². The number of amides is 2. The molecule has 1 fully saturated rings. The van der Waals surface area contributed by atoms with E-state index in [1.807, 2.05) is 44.2 Å². The molecule has 0 spiro atoms. The van der Waals surface area contributed by atoms with Crippen molar-refractivity contribution in [3.05, 3.63) is 58.6 Å². The first-order chi connectivity index (χ1) is 15.8. The smallest absolute Gasteiger partial charge is 0.328 e. The highest BCUT2D eigenvalue weighted by Crippen LogP contribution is 2.46. The molecule has 0 aromatic heterocycles. The van der Waals surface area contributed by atoms with Gasteiger partial charge in [0.2, 0.25) is 5.96 Å². The van der Waals surface area contributed by atoms with Gasteiger partial charge in [-0.05, 0) is 50.5 Å². The molecule has 0 atom stereocenters. The highest BCUT2D eigenvalue weighted by Gasteiger charge is 2.52. The number of rotatable bonds is 8. The van der Waals surface area contributed by atoms with Crippen molar-refractivity contribution in [1.29, 1.82) is 0 Å². The van der Waals surface area contributed by atoms with Gasteiger partial charge in [0.1, 0.15) is 12.4 Å². The van der Waals surface area contributed by atoms with Crippen LogP contribution >= 0.6 is 11.6 Å². The molecule has 1 heterocycles. The lowest BCUT2D eigenvalue weighted by molar-refractivity contribution is -0.143. The van der Waals surface area contributed by atoms with Crippen LogP contribution in [0.1, 0.15) is 30.9 Å². The fourth-order valence-corrected chi connectivity index (χ4v) is 3.97. The molecule has 0 saturated heterocycles. The first-order valence-corrected chi connectivity index (χ1v) is 11.3. The first kappa shape index (κ1) is 22.9. The van der Waals surface area contributed by atoms with E-state index >= 15 is 0 Å². The number of urea groups is 1. The Morgan fingerprint density at radius 2 is 1.97 bits per heavy atom. The van der Waals surface area contributed by atoms with E-state index in [4.69, 9.17) is 16.3 Å². The number of carbonyl (C=O) groups is 2. The van der Waals surface area contributed by atoms with Gasteiger partial charge >= 0.3 is 12.0 Å². The second-order valence-electron chi connectivity index (χ2n) is 8.46. The van der Waals surface area contributed by atoms with Gasteiger partial charge in [-0.15, -0.1) is 0 Å². The average Bonchev–Trinajstić information content (AvgIpc) is 3.57. The van der Waals surface area contributed by atoms with Crippen LogP contribution in [0, 0.1) is 12.3 Å². The Kier molecular flexibility index (Phi) is 6.47. The number of aliphatic imine (C=N–C) groups is 1. The van der Waals surface area contributed by atoms with Crippen molar-refractivity contribution in [2.75, 3.05) is 25.1 Å². The number of carboxylic acid groups (broad SMARTS) is 1. The van der Waals surface area contributed by atoms with Gasteiger partial charge in [-0.2, -0.15) is 0 Å². The standard InChI is InChI=1S/C24H27ClN4O4/c1-3-33-20-9-8-18(12-19(20)25)27-22-26-15-28(14-24(10-11-24)21(30)31)23(32)29(22)13-17-6-4-16(2)5-7-17/h4-9,12H,3,10-11,13-15H2,1-2H3,(H,26,27)(H,30,31). The zero-order valence-electron chi connectivity index (χ0n) is 18.7. The normalized spacial score (nSPS) is 16.9. The van der Waals surface area contributed by atoms with E-state index in [-0.39, 0.29) is 19.2 Å². The molecule has 1 aliphatic heterocycles. The molecule has 2 aliphatic rings. The monoisotopic (exact) mass is 470 g/mol. The number of halogens is 1. The zero-order valence-corrected chi connectivity index (χ0v) is 19.4. The van der Waals surface area contributed by atoms with Crippen molar-refractivity contribution < 1.29 is 19.4 Å². The van der Waals surface area contributed by atoms with Gasteiger partial charge in [0.15, 0.2) is 0 Å². The Labute approximate surface area is 197 Å². The van der Waals surface area contributed by atoms with Gasteiger partial charge < -0.3 is 20.1 Å². The molecule has 1 saturated carbocycles. The third kappa shape index (κ3) is 5.06. The average molecular weight is 471 g/mol. The summed E-state index contributed by atoms with van der Waals surface area (Å²) in [5.41, 5.74) is 1.88. The van der Waals surface area contributed by atoms with Crippen molar-refractivity contribution in [2.45, 2.75) is 33.2 Å². The molecular weight excluding hydrogens is 444 g/mol. The van der Waals surface area contributed by atoms with E-state index < -0.39 is 11.4 Å². The van der Waals surface area contributed by atoms with Gasteiger partial charge in [0.05, 0.1) is 23.6 Å². The fourth-order valence-electron chi connectivity index (χ4n) is 3.74. The lowest BCUT2D eigenvalue weighted by atomic mass is 10.1. The van der Waals surface area contributed by atoms with E-state index in [1.165, 1.54) is 9.80 Å². The number of guanidine groups is 1. The first-order valence-electron chi connectivity index (χ1n) is 10.9. The number of hydrogen-bond acceptors (Lipinski definition) is 5. The number of hydrogen-bond donors (Lipinski definition) is 2. The number of carbonyl (C=O) groups excluding carboxylic acids is 1. The summed E-state index contributed by atoms with van der Waals surface area (Å²) in [4.78, 5) is 32.7. The molecular formula is C24H27ClN4O4. The van der Waals surface area contributed by atoms with Crippen LogP contribution in [0.2, 0.25) is 5.02 Å². The maximum atomic E-state index is 13.4. The molecule has 0 unspecified atom stereocenters. The highest BCUT2D eigenvalue weighted by molar-refractivity contribution is 6.32. The van der Waals surface area contributed by atoms with Crippen LogP contribution in [0.25, 0.3) is 0 Å². The van der Waals surface area contributed by atoms with Crippen molar-refractivity contribution >= 4 is 35.2 Å². The number of aliphatic carboxylic acids is 1. The van der Waals surface area contributed by atoms with E-state index in [0.29, 0.717) is 48.4 Å². The van der Waals surface area contributed by atoms with Crippen molar-refractivity contribution in [3.8, 4) is 5.75 Å². The van der Waals surface area contributed by atoms with Crippen LogP contribution in [0.3, 0.4) is 0 Å². The number of aryl methyl sites for hydroxylation is 1. The molecule has 9 heteroatoms. The molecule has 2 aromatic carbocycles. The molecule has 2 N–H and O–H groups in total. The van der Waals surface area contributed by atoms with E-state index in [2.05, 4.69) is 10.3 Å². The Morgan fingerprint density at radius 1 is 1.24 bits per heavy atom. The van der Waals surface area contributed by atoms with Crippen molar-refractivity contribution in [3.63, 3.8) is 0 Å². The van der Waals surface area contributed by atoms with Crippen molar-refractivity contribution in [1.82, 2.24) is 9.80 Å². The molecule has 33 heavy (non-hydrogen) atoms. The minimum absolute atomic E-state index is 0.0886. The van der Waals surface area contributed by atoms with Gasteiger partial charge in [0, 0.05) is 12.2 Å². The molecule has 8 nitrogen and oxygen atoms in total. The lowest BCUT2D eigenvalue weighted by Gasteiger charge is -2.36. The van der Waals surface area contributed by atoms with E-state index in [9.17, 15) is 14.7 Å². The number of carboxylic acids is 1. The number of nitrogens with zero attached hydrogens (tertiary/aromatic N) is 3. The Bertz CT molecular complexity index is 1080. The molecule has 4 rings (SSSR count). The minimum atomic E-state index is -0.864. The summed E-state index contributed by atoms with van der Waals surface area (Å²) in [6.07, 6.45) is 1.15. The number of anilines is 1. The lowest BCUT2D eigenvalue weighted by Crippen LogP contribution is -2.54. The van der Waals surface area contributed by atoms with Gasteiger partial charge in [-0.3, -0.25) is 9.69 Å². The summed E-state index contributed by atoms with van der Waals surface area (Å²) in [5, 5.41) is 13.2. The van der Waals surface area contributed by atoms with Crippen LogP contribution < -0.4 is 10.1 Å². The number of benzene rings is 2. The third-order valence-electron chi connectivity index (χ3n) is 5.90. The quantitative estimate of drug-likeness (QED) is 0.589. The van der Waals surface area contributed by atoms with Crippen molar-refractivity contribution in [2.24, 2.45) is 10.4 Å². The molecule has 174 valence electrons. The summed E-state index contributed by atoms with van der Waals surface area (Å²) in [7, 11) is 0. The van der Waals surface area contributed by atoms with Crippen LogP contribution in [-0.2, 0) is 11.3 Å². The van der Waals surface area contributed by atoms with Crippen LogP contribution in [0.5, 0.6) is 5.75 Å². The minimum Gasteiger partial charge on any atom is -0.492 e. The predicted octanol–water partition coefficient (Wildman–Crippen LogP) is 4.58. The zero-order chi connectivity index (χ0) is 23.6. The third-order valence-corrected chi connectivity index (χ3v) is 6.19. The summed E-state index contributed by atoms with van der Waals surface area (Å²) in [6, 6.07) is 12.9. The molecule has 0 radical (unpaired) electrons. The van der Waals surface area contributed by atoms with Gasteiger partial charge in [0.25, 0.3) is 0 Å². The topological polar surface area (TPSA) is 94.5 Å². The second-order valence-corrected chi connectivity index (χ2v) is 8.87. The molecule has 1 aliphatic carbocycles. The number of ether oxygens (including phenoxy) is 1. The fraction of sp³-hybridized carbons (Fsp3) is 0.375. The van der Waals surface area contributed by atoms with Gasteiger partial charge in [-0.25, -0.2) is 9.79 Å². The summed E-state index contributed by atoms with van der Waals surface area (Å²) < 4.78 is 5.48. The van der Waals surface area contributed by atoms with Crippen LogP contribution in [0.15, 0.2) is 47.5 Å². The summed E-state index contributed by atoms with van der Waals surface area (Å²) >= 11 is 6.32. The highest BCUT2D eigenvalue weighted by atomic mass is 35.5. The molecule has 2 aromatic rings. The maximum absolute atomic E-state index is 13.4. The number of nitrogens with one attached hydrogen (secondary N) is 1. The SMILES string of the molecule is CCOc1ccc(NC2=NCN(CC3(C(=O)O)CC3)C(=O)N2Cc2ccc(C)cc2)cc1Cl. The van der Waals surface area contributed by atoms with Gasteiger partial charge in [-0.1, -0.05) is 41.4 Å². The van der Waals surface area contributed by atoms with Crippen LogP contribution in [0.4, 0.5) is 10.5 Å². The summed E-state index contributed by atoms with van der Waals surface area (Å²) in [5.74, 6) is 0.104. The Hall–Kier alpha value is -3.26. The predicted molar refractivity (Wildman–Crippen MR) is 127 cm³/mol. The maximum Gasteiger partial charge on any atom is 0.328 e. The Morgan fingerprint density at radius 3 is 2.58 bits per heavy atom. The largest absolute Gasteiger partial charge is 0.492 e. The van der Waals surface area contributed by atoms with E-state index in [0.717, 1.165) is 11.1 Å². The molecule has 0 bridgehead atoms. The molecule has 2 amide bonds. The summed E-state index contributed by atoms with van der Waals surface area (Å²) in [6.45, 7) is 4.93. The Balaban J connectivity index is 1.58.